The molecule has 0 unspecified atom stereocenters. The molecule has 1 heterocycles. The van der Waals surface area contributed by atoms with Crippen molar-refractivity contribution in [2.45, 2.75) is 71.5 Å². The summed E-state index contributed by atoms with van der Waals surface area (Å²) in [5.41, 5.74) is 0. The average molecular weight is 311 g/mol. The Bertz CT molecular complexity index is 292. The van der Waals surface area contributed by atoms with Crippen LogP contribution in [0.15, 0.2) is 0 Å². The van der Waals surface area contributed by atoms with E-state index < -0.39 is 0 Å². The van der Waals surface area contributed by atoms with Crippen LogP contribution in [0.1, 0.15) is 59.3 Å². The van der Waals surface area contributed by atoms with Crippen molar-refractivity contribution in [3.05, 3.63) is 0 Å². The summed E-state index contributed by atoms with van der Waals surface area (Å²) in [5.74, 6) is 1.81. The van der Waals surface area contributed by atoms with Gasteiger partial charge in [0, 0.05) is 32.7 Å². The Morgan fingerprint density at radius 3 is 2.18 bits per heavy atom. The summed E-state index contributed by atoms with van der Waals surface area (Å²) in [4.78, 5) is 5.11. The zero-order valence-corrected chi connectivity index (χ0v) is 15.4. The molecule has 0 amide bonds. The Hall–Kier alpha value is -0.120. The van der Waals surface area contributed by atoms with E-state index in [0.717, 1.165) is 11.8 Å². The van der Waals surface area contributed by atoms with Crippen LogP contribution >= 0.6 is 0 Å². The fraction of sp³-hybridized carbons (Fsp3) is 1.00. The normalized spacial score (nSPS) is 29.9. The predicted molar refractivity (Wildman–Crippen MR) is 94.3 cm³/mol. The zero-order chi connectivity index (χ0) is 15.9. The zero-order valence-electron chi connectivity index (χ0n) is 15.4. The fourth-order valence-corrected chi connectivity index (χ4v) is 4.02. The van der Waals surface area contributed by atoms with Crippen molar-refractivity contribution in [2.24, 2.45) is 11.8 Å². The lowest BCUT2D eigenvalue weighted by Crippen LogP contribution is -2.45. The highest BCUT2D eigenvalue weighted by molar-refractivity contribution is 4.76. The SMILES string of the molecule is CC(C)OC1CCC(CC[C@@H](C)CN2CCN(C)CC2)CC1. The molecule has 130 valence electrons. The molecule has 3 heteroatoms. The van der Waals surface area contributed by atoms with Gasteiger partial charge in [-0.1, -0.05) is 13.3 Å². The van der Waals surface area contributed by atoms with E-state index in [9.17, 15) is 0 Å². The summed E-state index contributed by atoms with van der Waals surface area (Å²) in [7, 11) is 2.24. The van der Waals surface area contributed by atoms with E-state index in [0.29, 0.717) is 12.2 Å². The molecule has 3 nitrogen and oxygen atoms in total. The number of hydrogen-bond acceptors (Lipinski definition) is 3. The molecule has 2 aliphatic rings. The second kappa shape index (κ2) is 9.24. The van der Waals surface area contributed by atoms with Gasteiger partial charge >= 0.3 is 0 Å². The Balaban J connectivity index is 1.56. The van der Waals surface area contributed by atoms with E-state index in [4.69, 9.17) is 4.74 Å². The van der Waals surface area contributed by atoms with Gasteiger partial charge in [-0.2, -0.15) is 0 Å². The monoisotopic (exact) mass is 310 g/mol. The molecule has 0 N–H and O–H groups in total. The van der Waals surface area contributed by atoms with Crippen LogP contribution in [-0.2, 0) is 4.74 Å². The average Bonchev–Trinajstić information content (AvgIpc) is 2.48. The quantitative estimate of drug-likeness (QED) is 0.714. The number of rotatable bonds is 7. The molecular formula is C19H38N2O. The minimum absolute atomic E-state index is 0.394. The van der Waals surface area contributed by atoms with E-state index in [1.807, 2.05) is 0 Å². The summed E-state index contributed by atoms with van der Waals surface area (Å²) in [6.07, 6.45) is 9.13. The van der Waals surface area contributed by atoms with Gasteiger partial charge in [0.2, 0.25) is 0 Å². The maximum Gasteiger partial charge on any atom is 0.0578 e. The van der Waals surface area contributed by atoms with E-state index in [1.54, 1.807) is 0 Å². The molecular weight excluding hydrogens is 272 g/mol. The molecule has 1 saturated carbocycles. The molecule has 1 aliphatic heterocycles. The molecule has 1 saturated heterocycles. The van der Waals surface area contributed by atoms with Gasteiger partial charge in [0.15, 0.2) is 0 Å². The van der Waals surface area contributed by atoms with Gasteiger partial charge in [-0.25, -0.2) is 0 Å². The van der Waals surface area contributed by atoms with E-state index in [1.165, 1.54) is 71.2 Å². The molecule has 1 atom stereocenters. The Morgan fingerprint density at radius 1 is 0.955 bits per heavy atom. The Morgan fingerprint density at radius 2 is 1.59 bits per heavy atom. The number of hydrogen-bond donors (Lipinski definition) is 0. The molecule has 0 spiro atoms. The highest BCUT2D eigenvalue weighted by Gasteiger charge is 2.23. The van der Waals surface area contributed by atoms with Crippen molar-refractivity contribution in [1.29, 1.82) is 0 Å². The molecule has 22 heavy (non-hydrogen) atoms. The van der Waals surface area contributed by atoms with Gasteiger partial charge in [0.25, 0.3) is 0 Å². The number of piperazine rings is 1. The first kappa shape index (κ1) is 18.2. The first-order valence-electron chi connectivity index (χ1n) is 9.59. The van der Waals surface area contributed by atoms with Crippen molar-refractivity contribution >= 4 is 0 Å². The number of nitrogens with zero attached hydrogens (tertiary/aromatic N) is 2. The van der Waals surface area contributed by atoms with Crippen molar-refractivity contribution in [2.75, 3.05) is 39.8 Å². The minimum atomic E-state index is 0.394. The standard InChI is InChI=1S/C19H38N2O/c1-16(2)22-19-9-7-18(8-10-19)6-5-17(3)15-21-13-11-20(4)12-14-21/h16-19H,5-15H2,1-4H3/t17-,18?,19?/m1/s1. The van der Waals surface area contributed by atoms with Crippen molar-refractivity contribution in [3.63, 3.8) is 0 Å². The van der Waals surface area contributed by atoms with Crippen LogP contribution in [-0.4, -0.2) is 61.8 Å². The molecule has 0 radical (unpaired) electrons. The summed E-state index contributed by atoms with van der Waals surface area (Å²) in [5, 5.41) is 0. The van der Waals surface area contributed by atoms with Gasteiger partial charge in [-0.3, -0.25) is 0 Å². The summed E-state index contributed by atoms with van der Waals surface area (Å²) in [6, 6.07) is 0. The van der Waals surface area contributed by atoms with Gasteiger partial charge < -0.3 is 14.5 Å². The molecule has 0 aromatic rings. The summed E-state index contributed by atoms with van der Waals surface area (Å²) >= 11 is 0. The van der Waals surface area contributed by atoms with Gasteiger partial charge in [-0.05, 0) is 64.8 Å². The molecule has 1 aliphatic carbocycles. The third kappa shape index (κ3) is 6.55. The topological polar surface area (TPSA) is 15.7 Å². The highest BCUT2D eigenvalue weighted by atomic mass is 16.5. The lowest BCUT2D eigenvalue weighted by atomic mass is 9.83. The van der Waals surface area contributed by atoms with Crippen molar-refractivity contribution in [1.82, 2.24) is 9.80 Å². The third-order valence-corrected chi connectivity index (χ3v) is 5.49. The molecule has 0 aromatic carbocycles. The van der Waals surface area contributed by atoms with E-state index in [-0.39, 0.29) is 0 Å². The van der Waals surface area contributed by atoms with E-state index in [2.05, 4.69) is 37.6 Å². The van der Waals surface area contributed by atoms with Crippen LogP contribution in [0.5, 0.6) is 0 Å². The van der Waals surface area contributed by atoms with Gasteiger partial charge in [-0.15, -0.1) is 0 Å². The Labute approximate surface area is 138 Å². The predicted octanol–water partition coefficient (Wildman–Crippen LogP) is 3.63. The van der Waals surface area contributed by atoms with Crippen LogP contribution in [0.4, 0.5) is 0 Å². The lowest BCUT2D eigenvalue weighted by molar-refractivity contribution is -0.0206. The van der Waals surface area contributed by atoms with Crippen molar-refractivity contribution < 1.29 is 4.74 Å². The number of likely N-dealkylation sites (N-methyl/N-ethyl adjacent to an activating group) is 1. The van der Waals surface area contributed by atoms with Crippen LogP contribution in [0, 0.1) is 11.8 Å². The Kier molecular flexibility index (Phi) is 7.66. The van der Waals surface area contributed by atoms with Gasteiger partial charge in [0.05, 0.1) is 12.2 Å². The second-order valence-corrected chi connectivity index (χ2v) is 8.11. The first-order chi connectivity index (χ1) is 10.5. The van der Waals surface area contributed by atoms with Crippen LogP contribution in [0.3, 0.4) is 0 Å². The van der Waals surface area contributed by atoms with E-state index >= 15 is 0 Å². The smallest absolute Gasteiger partial charge is 0.0578 e. The van der Waals surface area contributed by atoms with Crippen LogP contribution in [0.25, 0.3) is 0 Å². The molecule has 2 fully saturated rings. The van der Waals surface area contributed by atoms with Crippen LogP contribution < -0.4 is 0 Å². The maximum atomic E-state index is 5.96. The largest absolute Gasteiger partial charge is 0.376 e. The first-order valence-corrected chi connectivity index (χ1v) is 9.59. The van der Waals surface area contributed by atoms with Crippen molar-refractivity contribution in [3.8, 4) is 0 Å². The molecule has 2 rings (SSSR count). The fourth-order valence-electron chi connectivity index (χ4n) is 4.02. The molecule has 0 bridgehead atoms. The highest BCUT2D eigenvalue weighted by Crippen LogP contribution is 2.31. The van der Waals surface area contributed by atoms with Gasteiger partial charge in [0.1, 0.15) is 0 Å². The lowest BCUT2D eigenvalue weighted by Gasteiger charge is -2.34. The van der Waals surface area contributed by atoms with Crippen LogP contribution in [0.2, 0.25) is 0 Å². The summed E-state index contributed by atoms with van der Waals surface area (Å²) in [6.45, 7) is 13.1. The third-order valence-electron chi connectivity index (χ3n) is 5.49. The summed E-state index contributed by atoms with van der Waals surface area (Å²) < 4.78 is 5.96. The second-order valence-electron chi connectivity index (χ2n) is 8.11. The number of ether oxygens (including phenoxy) is 1. The maximum absolute atomic E-state index is 5.96. The molecule has 0 aromatic heterocycles. The minimum Gasteiger partial charge on any atom is -0.376 e.